The van der Waals surface area contributed by atoms with E-state index in [0.29, 0.717) is 6.61 Å². The first kappa shape index (κ1) is 13.7. The van der Waals surface area contributed by atoms with Crippen LogP contribution >= 0.6 is 0 Å². The van der Waals surface area contributed by atoms with Gasteiger partial charge in [0.1, 0.15) is 12.7 Å². The van der Waals surface area contributed by atoms with Crippen LogP contribution in [0.2, 0.25) is 0 Å². The van der Waals surface area contributed by atoms with Crippen LogP contribution in [0.1, 0.15) is 32.6 Å². The fourth-order valence-electron chi connectivity index (χ4n) is 3.15. The molecule has 1 aromatic rings. The minimum atomic E-state index is 0.132. The van der Waals surface area contributed by atoms with Gasteiger partial charge in [0.2, 0.25) is 0 Å². The van der Waals surface area contributed by atoms with E-state index >= 15 is 0 Å². The smallest absolute Gasteiger partial charge is 0.161 e. The largest absolute Gasteiger partial charge is 0.486 e. The lowest BCUT2D eigenvalue weighted by molar-refractivity contribution is 0.0890. The summed E-state index contributed by atoms with van der Waals surface area (Å²) in [5.74, 6) is 3.52. The highest BCUT2D eigenvalue weighted by molar-refractivity contribution is 5.40. The zero-order chi connectivity index (χ0) is 13.8. The number of rotatable bonds is 4. The van der Waals surface area contributed by atoms with Crippen molar-refractivity contribution in [2.24, 2.45) is 11.8 Å². The molecule has 1 N–H and O–H groups in total. The van der Waals surface area contributed by atoms with Crippen LogP contribution in [0.4, 0.5) is 0 Å². The average Bonchev–Trinajstić information content (AvgIpc) is 2.49. The molecule has 0 saturated heterocycles. The summed E-state index contributed by atoms with van der Waals surface area (Å²) < 4.78 is 11.7. The number of para-hydroxylation sites is 2. The quantitative estimate of drug-likeness (QED) is 0.915. The lowest BCUT2D eigenvalue weighted by atomic mass is 9.83. The van der Waals surface area contributed by atoms with Gasteiger partial charge in [0.15, 0.2) is 11.5 Å². The van der Waals surface area contributed by atoms with Gasteiger partial charge >= 0.3 is 0 Å². The predicted molar refractivity (Wildman–Crippen MR) is 80.3 cm³/mol. The van der Waals surface area contributed by atoms with E-state index in [1.54, 1.807) is 0 Å². The van der Waals surface area contributed by atoms with Crippen molar-refractivity contribution in [1.29, 1.82) is 0 Å². The topological polar surface area (TPSA) is 30.5 Å². The van der Waals surface area contributed by atoms with Gasteiger partial charge < -0.3 is 14.8 Å². The molecular formula is C17H25NO2. The molecule has 2 aliphatic rings. The summed E-state index contributed by atoms with van der Waals surface area (Å²) in [6.45, 7) is 5.01. The summed E-state index contributed by atoms with van der Waals surface area (Å²) in [4.78, 5) is 0. The van der Waals surface area contributed by atoms with Gasteiger partial charge in [-0.15, -0.1) is 0 Å². The van der Waals surface area contributed by atoms with Crippen LogP contribution in [-0.4, -0.2) is 25.8 Å². The van der Waals surface area contributed by atoms with Crippen LogP contribution in [-0.2, 0) is 0 Å². The number of hydrogen-bond acceptors (Lipinski definition) is 3. The standard InChI is InChI=1S/C17H25NO2/c1-13-6-8-14(9-7-13)10-18-11-15-12-19-16-4-2-3-5-17(16)20-15/h2-5,13-15,18H,6-12H2,1H3/t13-,14-,15?. The molecule has 1 unspecified atom stereocenters. The van der Waals surface area contributed by atoms with Crippen LogP contribution in [0.15, 0.2) is 24.3 Å². The van der Waals surface area contributed by atoms with E-state index in [0.717, 1.165) is 36.4 Å². The molecule has 0 amide bonds. The number of benzene rings is 1. The Morgan fingerprint density at radius 3 is 2.60 bits per heavy atom. The van der Waals surface area contributed by atoms with E-state index in [1.807, 2.05) is 24.3 Å². The first-order chi connectivity index (χ1) is 9.81. The molecule has 1 aliphatic heterocycles. The number of ether oxygens (including phenoxy) is 2. The van der Waals surface area contributed by atoms with E-state index in [4.69, 9.17) is 9.47 Å². The highest BCUT2D eigenvalue weighted by Crippen LogP contribution is 2.31. The molecule has 1 aliphatic carbocycles. The number of nitrogens with one attached hydrogen (secondary N) is 1. The van der Waals surface area contributed by atoms with Crippen LogP contribution < -0.4 is 14.8 Å². The Kier molecular flexibility index (Phi) is 4.46. The third kappa shape index (κ3) is 3.45. The SMILES string of the molecule is C[C@H]1CC[C@H](CNCC2COc3ccccc3O2)CC1. The molecule has 3 heteroatoms. The fourth-order valence-corrected chi connectivity index (χ4v) is 3.15. The van der Waals surface area contributed by atoms with Gasteiger partial charge in [-0.3, -0.25) is 0 Å². The third-order valence-electron chi connectivity index (χ3n) is 4.51. The van der Waals surface area contributed by atoms with Gasteiger partial charge in [-0.1, -0.05) is 31.9 Å². The number of fused-ring (bicyclic) bond motifs is 1. The second-order valence-corrected chi connectivity index (χ2v) is 6.28. The van der Waals surface area contributed by atoms with Gasteiger partial charge in [-0.25, -0.2) is 0 Å². The monoisotopic (exact) mass is 275 g/mol. The first-order valence-corrected chi connectivity index (χ1v) is 7.90. The van der Waals surface area contributed by atoms with Crippen molar-refractivity contribution in [1.82, 2.24) is 5.32 Å². The van der Waals surface area contributed by atoms with Crippen LogP contribution in [0.3, 0.4) is 0 Å². The molecule has 3 rings (SSSR count). The molecule has 110 valence electrons. The molecule has 0 radical (unpaired) electrons. The summed E-state index contributed by atoms with van der Waals surface area (Å²) in [5, 5.41) is 3.57. The Labute approximate surface area is 121 Å². The molecule has 3 nitrogen and oxygen atoms in total. The van der Waals surface area contributed by atoms with Crippen molar-refractivity contribution in [3.63, 3.8) is 0 Å². The molecule has 20 heavy (non-hydrogen) atoms. The molecule has 1 heterocycles. The van der Waals surface area contributed by atoms with Crippen molar-refractivity contribution in [2.75, 3.05) is 19.7 Å². The Bertz CT molecular complexity index is 427. The van der Waals surface area contributed by atoms with Gasteiger partial charge in [-0.2, -0.15) is 0 Å². The molecular weight excluding hydrogens is 250 g/mol. The lowest BCUT2D eigenvalue weighted by Crippen LogP contribution is -2.40. The van der Waals surface area contributed by atoms with E-state index in [9.17, 15) is 0 Å². The van der Waals surface area contributed by atoms with Gasteiger partial charge in [0.05, 0.1) is 0 Å². The van der Waals surface area contributed by atoms with Crippen molar-refractivity contribution in [3.05, 3.63) is 24.3 Å². The predicted octanol–water partition coefficient (Wildman–Crippen LogP) is 3.24. The summed E-state index contributed by atoms with van der Waals surface area (Å²) >= 11 is 0. The Morgan fingerprint density at radius 1 is 1.05 bits per heavy atom. The maximum atomic E-state index is 5.95. The normalized spacial score (nSPS) is 29.1. The maximum absolute atomic E-state index is 5.95. The zero-order valence-electron chi connectivity index (χ0n) is 12.3. The van der Waals surface area contributed by atoms with Crippen molar-refractivity contribution in [2.45, 2.75) is 38.7 Å². The Morgan fingerprint density at radius 2 is 1.80 bits per heavy atom. The molecule has 1 fully saturated rings. The van der Waals surface area contributed by atoms with Gasteiger partial charge in [0.25, 0.3) is 0 Å². The van der Waals surface area contributed by atoms with Crippen molar-refractivity contribution in [3.8, 4) is 11.5 Å². The van der Waals surface area contributed by atoms with Gasteiger partial charge in [0, 0.05) is 6.54 Å². The fraction of sp³-hybridized carbons (Fsp3) is 0.647. The molecule has 1 atom stereocenters. The molecule has 0 bridgehead atoms. The minimum absolute atomic E-state index is 0.132. The second kappa shape index (κ2) is 6.49. The molecule has 1 aromatic carbocycles. The number of hydrogen-bond donors (Lipinski definition) is 1. The van der Waals surface area contributed by atoms with E-state index in [1.165, 1.54) is 25.7 Å². The summed E-state index contributed by atoms with van der Waals surface area (Å²) in [5.41, 5.74) is 0. The minimum Gasteiger partial charge on any atom is -0.486 e. The maximum Gasteiger partial charge on any atom is 0.161 e. The Hall–Kier alpha value is -1.22. The van der Waals surface area contributed by atoms with E-state index < -0.39 is 0 Å². The highest BCUT2D eigenvalue weighted by Gasteiger charge is 2.21. The van der Waals surface area contributed by atoms with Crippen LogP contribution in [0, 0.1) is 11.8 Å². The highest BCUT2D eigenvalue weighted by atomic mass is 16.6. The van der Waals surface area contributed by atoms with E-state index in [-0.39, 0.29) is 6.10 Å². The molecule has 0 spiro atoms. The molecule has 1 saturated carbocycles. The summed E-state index contributed by atoms with van der Waals surface area (Å²) in [6, 6.07) is 7.90. The first-order valence-electron chi connectivity index (χ1n) is 7.90. The Balaban J connectivity index is 1.40. The second-order valence-electron chi connectivity index (χ2n) is 6.28. The summed E-state index contributed by atoms with van der Waals surface area (Å²) in [7, 11) is 0. The zero-order valence-corrected chi connectivity index (χ0v) is 12.3. The van der Waals surface area contributed by atoms with Crippen LogP contribution in [0.5, 0.6) is 11.5 Å². The third-order valence-corrected chi connectivity index (χ3v) is 4.51. The van der Waals surface area contributed by atoms with Crippen molar-refractivity contribution < 1.29 is 9.47 Å². The van der Waals surface area contributed by atoms with E-state index in [2.05, 4.69) is 12.2 Å². The van der Waals surface area contributed by atoms with Crippen LogP contribution in [0.25, 0.3) is 0 Å². The van der Waals surface area contributed by atoms with Crippen molar-refractivity contribution >= 4 is 0 Å². The molecule has 0 aromatic heterocycles. The average molecular weight is 275 g/mol. The van der Waals surface area contributed by atoms with Gasteiger partial charge in [-0.05, 0) is 43.4 Å². The lowest BCUT2D eigenvalue weighted by Gasteiger charge is -2.29. The summed E-state index contributed by atoms with van der Waals surface area (Å²) in [6.07, 6.45) is 5.66.